The van der Waals surface area contributed by atoms with Crippen molar-refractivity contribution in [2.24, 2.45) is 0 Å². The second-order valence-corrected chi connectivity index (χ2v) is 7.54. The molecule has 0 amide bonds. The summed E-state index contributed by atoms with van der Waals surface area (Å²) < 4.78 is 55.0. The number of thiophene rings is 1. The molecule has 126 valence electrons. The van der Waals surface area contributed by atoms with E-state index in [0.717, 1.165) is 28.8 Å². The predicted octanol–water partition coefficient (Wildman–Crippen LogP) is 2.87. The molecule has 0 radical (unpaired) electrons. The highest BCUT2D eigenvalue weighted by atomic mass is 32.2. The van der Waals surface area contributed by atoms with Crippen LogP contribution in [0.25, 0.3) is 10.6 Å². The van der Waals surface area contributed by atoms with Gasteiger partial charge in [-0.15, -0.1) is 11.3 Å². The van der Waals surface area contributed by atoms with Gasteiger partial charge in [-0.1, -0.05) is 12.1 Å². The summed E-state index contributed by atoms with van der Waals surface area (Å²) in [6, 6.07) is 8.57. The first kappa shape index (κ1) is 16.7. The molecule has 1 N–H and O–H groups in total. The van der Waals surface area contributed by atoms with Gasteiger partial charge in [-0.2, -0.15) is 5.10 Å². The van der Waals surface area contributed by atoms with Gasteiger partial charge in [-0.3, -0.25) is 4.68 Å². The quantitative estimate of drug-likeness (QED) is 0.727. The zero-order chi connectivity index (χ0) is 17.2. The van der Waals surface area contributed by atoms with Gasteiger partial charge in [-0.05, 0) is 29.6 Å². The average molecular weight is 369 g/mol. The summed E-state index contributed by atoms with van der Waals surface area (Å²) in [5, 5.41) is 6.26. The molecule has 2 heterocycles. The number of aromatic nitrogens is 2. The molecule has 0 aliphatic heterocycles. The van der Waals surface area contributed by atoms with Crippen LogP contribution < -0.4 is 4.72 Å². The van der Waals surface area contributed by atoms with Crippen LogP contribution in [0.1, 0.15) is 0 Å². The largest absolute Gasteiger partial charge is 0.271 e. The molecule has 3 rings (SSSR count). The molecular weight excluding hydrogens is 356 g/mol. The van der Waals surface area contributed by atoms with E-state index in [1.54, 1.807) is 22.2 Å². The normalized spacial score (nSPS) is 11.8. The van der Waals surface area contributed by atoms with Crippen LogP contribution in [0, 0.1) is 11.6 Å². The first-order valence-corrected chi connectivity index (χ1v) is 9.35. The van der Waals surface area contributed by atoms with Gasteiger partial charge in [0.05, 0.1) is 11.4 Å². The fraction of sp³-hybridized carbons (Fsp3) is 0.133. The number of hydrogen-bond acceptors (Lipinski definition) is 4. The van der Waals surface area contributed by atoms with Crippen molar-refractivity contribution in [3.05, 3.63) is 59.6 Å². The molecule has 0 aliphatic carbocycles. The van der Waals surface area contributed by atoms with Gasteiger partial charge < -0.3 is 0 Å². The first-order chi connectivity index (χ1) is 11.5. The van der Waals surface area contributed by atoms with Crippen LogP contribution in [0.4, 0.5) is 8.78 Å². The number of halogens is 2. The summed E-state index contributed by atoms with van der Waals surface area (Å²) in [7, 11) is -4.27. The molecule has 24 heavy (non-hydrogen) atoms. The second kappa shape index (κ2) is 6.80. The Morgan fingerprint density at radius 2 is 1.88 bits per heavy atom. The Balaban J connectivity index is 1.66. The molecule has 0 bridgehead atoms. The van der Waals surface area contributed by atoms with Crippen molar-refractivity contribution in [2.45, 2.75) is 11.4 Å². The third kappa shape index (κ3) is 3.53. The Kier molecular flexibility index (Phi) is 4.74. The van der Waals surface area contributed by atoms with Gasteiger partial charge in [0.25, 0.3) is 0 Å². The monoisotopic (exact) mass is 369 g/mol. The summed E-state index contributed by atoms with van der Waals surface area (Å²) in [5.74, 6) is -2.25. The summed E-state index contributed by atoms with van der Waals surface area (Å²) in [6.45, 7) is 0.197. The molecule has 3 aromatic rings. The lowest BCUT2D eigenvalue weighted by Crippen LogP contribution is -2.29. The molecule has 2 aromatic heterocycles. The van der Waals surface area contributed by atoms with Crippen LogP contribution in [0.3, 0.4) is 0 Å². The lowest BCUT2D eigenvalue weighted by atomic mass is 10.3. The van der Waals surface area contributed by atoms with Crippen LogP contribution in [0.2, 0.25) is 0 Å². The van der Waals surface area contributed by atoms with Crippen molar-refractivity contribution >= 4 is 21.4 Å². The van der Waals surface area contributed by atoms with Gasteiger partial charge in [0.15, 0.2) is 4.90 Å². The van der Waals surface area contributed by atoms with E-state index in [0.29, 0.717) is 0 Å². The molecule has 0 unspecified atom stereocenters. The molecule has 9 heteroatoms. The fourth-order valence-electron chi connectivity index (χ4n) is 2.15. The third-order valence-corrected chi connectivity index (χ3v) is 5.64. The SMILES string of the molecule is O=S(=O)(NCCn1ccc(-c2cccs2)n1)c1c(F)cccc1F. The average Bonchev–Trinajstić information content (AvgIpc) is 3.17. The number of benzene rings is 1. The molecule has 1 aromatic carbocycles. The predicted molar refractivity (Wildman–Crippen MR) is 87.1 cm³/mol. The minimum Gasteiger partial charge on any atom is -0.271 e. The second-order valence-electron chi connectivity index (χ2n) is 4.89. The van der Waals surface area contributed by atoms with Crippen LogP contribution >= 0.6 is 11.3 Å². The summed E-state index contributed by atoms with van der Waals surface area (Å²) in [5.41, 5.74) is 0.785. The molecule has 0 fully saturated rings. The minimum absolute atomic E-state index is 0.0400. The van der Waals surface area contributed by atoms with E-state index in [2.05, 4.69) is 9.82 Å². The minimum atomic E-state index is -4.27. The molecule has 0 aliphatic rings. The van der Waals surface area contributed by atoms with Crippen molar-refractivity contribution in [3.63, 3.8) is 0 Å². The molecular formula is C15H13F2N3O2S2. The number of nitrogens with one attached hydrogen (secondary N) is 1. The van der Waals surface area contributed by atoms with E-state index in [1.807, 2.05) is 23.6 Å². The Labute approximate surface area is 141 Å². The topological polar surface area (TPSA) is 64.0 Å². The van der Waals surface area contributed by atoms with Gasteiger partial charge in [0.2, 0.25) is 10.0 Å². The smallest absolute Gasteiger partial charge is 0.246 e. The number of sulfonamides is 1. The molecule has 0 saturated heterocycles. The van der Waals surface area contributed by atoms with Crippen LogP contribution in [-0.2, 0) is 16.6 Å². The van der Waals surface area contributed by atoms with Crippen LogP contribution in [-0.4, -0.2) is 24.7 Å². The molecule has 0 spiro atoms. The summed E-state index contributed by atoms with van der Waals surface area (Å²) >= 11 is 1.55. The van der Waals surface area contributed by atoms with Gasteiger partial charge in [0.1, 0.15) is 17.3 Å². The van der Waals surface area contributed by atoms with Gasteiger partial charge in [0, 0.05) is 12.7 Å². The van der Waals surface area contributed by atoms with E-state index in [4.69, 9.17) is 0 Å². The Hall–Kier alpha value is -2.10. The van der Waals surface area contributed by atoms with Gasteiger partial charge >= 0.3 is 0 Å². The number of rotatable bonds is 6. The van der Waals surface area contributed by atoms with Crippen molar-refractivity contribution in [2.75, 3.05) is 6.54 Å². The van der Waals surface area contributed by atoms with Crippen LogP contribution in [0.5, 0.6) is 0 Å². The zero-order valence-corrected chi connectivity index (χ0v) is 13.9. The summed E-state index contributed by atoms with van der Waals surface area (Å²) in [4.78, 5) is 0.0347. The highest BCUT2D eigenvalue weighted by Crippen LogP contribution is 2.22. The highest BCUT2D eigenvalue weighted by Gasteiger charge is 2.23. The third-order valence-electron chi connectivity index (χ3n) is 3.23. The number of nitrogens with zero attached hydrogens (tertiary/aromatic N) is 2. The van der Waals surface area contributed by atoms with Gasteiger partial charge in [-0.25, -0.2) is 21.9 Å². The van der Waals surface area contributed by atoms with Crippen LogP contribution in [0.15, 0.2) is 52.9 Å². The first-order valence-electron chi connectivity index (χ1n) is 6.98. The zero-order valence-electron chi connectivity index (χ0n) is 12.3. The molecule has 0 atom stereocenters. The van der Waals surface area contributed by atoms with E-state index < -0.39 is 26.6 Å². The fourth-order valence-corrected chi connectivity index (χ4v) is 3.99. The van der Waals surface area contributed by atoms with Crippen molar-refractivity contribution in [3.8, 4) is 10.6 Å². The standard InChI is InChI=1S/C15H13F2N3O2S2/c16-11-3-1-4-12(17)15(11)24(21,22)18-7-9-20-8-6-13(19-20)14-5-2-10-23-14/h1-6,8,10,18H,7,9H2. The van der Waals surface area contributed by atoms with E-state index >= 15 is 0 Å². The number of hydrogen-bond donors (Lipinski definition) is 1. The Morgan fingerprint density at radius 3 is 2.54 bits per heavy atom. The lowest BCUT2D eigenvalue weighted by Gasteiger charge is -2.08. The molecule has 5 nitrogen and oxygen atoms in total. The molecule has 0 saturated carbocycles. The maximum absolute atomic E-state index is 13.6. The summed E-state index contributed by atoms with van der Waals surface area (Å²) in [6.07, 6.45) is 1.72. The van der Waals surface area contributed by atoms with Crippen molar-refractivity contribution < 1.29 is 17.2 Å². The van der Waals surface area contributed by atoms with Crippen molar-refractivity contribution in [1.82, 2.24) is 14.5 Å². The lowest BCUT2D eigenvalue weighted by molar-refractivity contribution is 0.510. The van der Waals surface area contributed by atoms with Crippen molar-refractivity contribution in [1.29, 1.82) is 0 Å². The highest BCUT2D eigenvalue weighted by molar-refractivity contribution is 7.89. The van der Waals surface area contributed by atoms with E-state index in [-0.39, 0.29) is 13.1 Å². The van der Waals surface area contributed by atoms with E-state index in [9.17, 15) is 17.2 Å². The Morgan fingerprint density at radius 1 is 1.12 bits per heavy atom. The maximum atomic E-state index is 13.6. The maximum Gasteiger partial charge on any atom is 0.246 e. The van der Waals surface area contributed by atoms with E-state index in [1.165, 1.54) is 0 Å². The Bertz CT molecular complexity index is 917.